The van der Waals surface area contributed by atoms with Crippen LogP contribution in [-0.2, 0) is 11.3 Å². The van der Waals surface area contributed by atoms with E-state index in [9.17, 15) is 0 Å². The van der Waals surface area contributed by atoms with E-state index in [4.69, 9.17) is 10.00 Å². The number of anilines is 1. The normalized spacial score (nSPS) is 16.2. The minimum Gasteiger partial charge on any atom is -0.384 e. The predicted octanol–water partition coefficient (Wildman–Crippen LogP) is 2.94. The molecule has 1 saturated carbocycles. The van der Waals surface area contributed by atoms with E-state index in [1.807, 2.05) is 6.07 Å². The van der Waals surface area contributed by atoms with Crippen LogP contribution in [-0.4, -0.2) is 13.7 Å². The van der Waals surface area contributed by atoms with Gasteiger partial charge in [-0.3, -0.25) is 0 Å². The molecule has 3 nitrogen and oxygen atoms in total. The third-order valence-corrected chi connectivity index (χ3v) is 3.32. The number of rotatable bonds is 6. The zero-order chi connectivity index (χ0) is 12.1. The van der Waals surface area contributed by atoms with Gasteiger partial charge in [-0.05, 0) is 30.5 Å². The highest BCUT2D eigenvalue weighted by atomic mass is 16.5. The third-order valence-electron chi connectivity index (χ3n) is 3.32. The Labute approximate surface area is 102 Å². The van der Waals surface area contributed by atoms with Crippen LogP contribution in [0, 0.1) is 16.7 Å². The zero-order valence-electron chi connectivity index (χ0n) is 10.2. The second-order valence-electron chi connectivity index (χ2n) is 4.82. The molecule has 0 saturated heterocycles. The predicted molar refractivity (Wildman–Crippen MR) is 67.5 cm³/mol. The second-order valence-corrected chi connectivity index (χ2v) is 4.82. The average Bonchev–Trinajstić information content (AvgIpc) is 3.09. The largest absolute Gasteiger partial charge is 0.384 e. The van der Waals surface area contributed by atoms with Crippen LogP contribution in [0.2, 0.25) is 0 Å². The Morgan fingerprint density at radius 1 is 1.47 bits per heavy atom. The summed E-state index contributed by atoms with van der Waals surface area (Å²) in [5, 5.41) is 12.2. The van der Waals surface area contributed by atoms with Crippen LogP contribution >= 0.6 is 0 Å². The summed E-state index contributed by atoms with van der Waals surface area (Å²) in [7, 11) is 1.70. The monoisotopic (exact) mass is 230 g/mol. The first-order chi connectivity index (χ1) is 8.28. The molecule has 1 aliphatic carbocycles. The van der Waals surface area contributed by atoms with Crippen molar-refractivity contribution in [3.05, 3.63) is 29.8 Å². The molecule has 1 aromatic carbocycles. The van der Waals surface area contributed by atoms with Crippen molar-refractivity contribution in [2.75, 3.05) is 19.0 Å². The Morgan fingerprint density at radius 2 is 2.29 bits per heavy atom. The van der Waals surface area contributed by atoms with E-state index in [1.54, 1.807) is 7.11 Å². The van der Waals surface area contributed by atoms with Gasteiger partial charge in [0.25, 0.3) is 0 Å². The lowest BCUT2D eigenvalue weighted by Gasteiger charge is -2.14. The summed E-state index contributed by atoms with van der Waals surface area (Å²) in [6.45, 7) is 1.54. The summed E-state index contributed by atoms with van der Waals surface area (Å²) in [6, 6.07) is 10.5. The fourth-order valence-electron chi connectivity index (χ4n) is 1.99. The van der Waals surface area contributed by atoms with Crippen molar-refractivity contribution < 1.29 is 4.74 Å². The molecule has 0 aromatic heterocycles. The van der Waals surface area contributed by atoms with E-state index in [0.29, 0.717) is 13.0 Å². The number of nitrogens with zero attached hydrogens (tertiary/aromatic N) is 1. The number of hydrogen-bond donors (Lipinski definition) is 1. The molecular formula is C14H18N2O. The molecule has 0 radical (unpaired) electrons. The van der Waals surface area contributed by atoms with Gasteiger partial charge in [0, 0.05) is 31.2 Å². The van der Waals surface area contributed by atoms with Crippen LogP contribution in [0.5, 0.6) is 0 Å². The zero-order valence-corrected chi connectivity index (χ0v) is 10.2. The number of ether oxygens (including phenoxy) is 1. The van der Waals surface area contributed by atoms with Gasteiger partial charge in [-0.25, -0.2) is 0 Å². The lowest BCUT2D eigenvalue weighted by atomic mass is 10.0. The maximum Gasteiger partial charge on any atom is 0.0713 e. The fourth-order valence-corrected chi connectivity index (χ4v) is 1.99. The maximum absolute atomic E-state index is 8.76. The van der Waals surface area contributed by atoms with E-state index in [0.717, 1.165) is 12.2 Å². The van der Waals surface area contributed by atoms with Gasteiger partial charge in [0.15, 0.2) is 0 Å². The summed E-state index contributed by atoms with van der Waals surface area (Å²) < 4.78 is 5.11. The number of hydrogen-bond acceptors (Lipinski definition) is 3. The molecule has 1 aromatic rings. The van der Waals surface area contributed by atoms with Crippen LogP contribution in [0.3, 0.4) is 0 Å². The van der Waals surface area contributed by atoms with E-state index in [2.05, 4.69) is 29.6 Å². The van der Waals surface area contributed by atoms with Gasteiger partial charge in [0.05, 0.1) is 12.7 Å². The van der Waals surface area contributed by atoms with E-state index in [1.165, 1.54) is 18.4 Å². The molecule has 17 heavy (non-hydrogen) atoms. The van der Waals surface area contributed by atoms with Gasteiger partial charge in [-0.2, -0.15) is 5.26 Å². The van der Waals surface area contributed by atoms with Crippen molar-refractivity contribution in [3.63, 3.8) is 0 Å². The summed E-state index contributed by atoms with van der Waals surface area (Å²) in [6.07, 6.45) is 3.01. The minimum atomic E-state index is 0.242. The quantitative estimate of drug-likeness (QED) is 0.817. The molecule has 0 amide bonds. The summed E-state index contributed by atoms with van der Waals surface area (Å²) >= 11 is 0. The Balaban J connectivity index is 1.91. The molecule has 0 heterocycles. The van der Waals surface area contributed by atoms with Gasteiger partial charge < -0.3 is 10.1 Å². The number of methoxy groups -OCH3 is 1. The molecular weight excluding hydrogens is 212 g/mol. The molecule has 1 fully saturated rings. The van der Waals surface area contributed by atoms with Gasteiger partial charge >= 0.3 is 0 Å². The van der Waals surface area contributed by atoms with Crippen LogP contribution in [0.4, 0.5) is 5.69 Å². The standard InChI is InChI=1S/C14H18N2O/c1-17-10-12-3-2-4-13(9-12)16-11-14(5-6-14)7-8-15/h2-4,9,16H,5-7,10-11H2,1H3. The molecule has 1 aliphatic rings. The number of nitrogens with one attached hydrogen (secondary N) is 1. The fraction of sp³-hybridized carbons (Fsp3) is 0.500. The molecule has 1 N–H and O–H groups in total. The highest BCUT2D eigenvalue weighted by Crippen LogP contribution is 2.48. The SMILES string of the molecule is COCc1cccc(NCC2(CC#N)CC2)c1. The lowest BCUT2D eigenvalue weighted by Crippen LogP contribution is -2.14. The van der Waals surface area contributed by atoms with E-state index >= 15 is 0 Å². The van der Waals surface area contributed by atoms with E-state index < -0.39 is 0 Å². The topological polar surface area (TPSA) is 45.0 Å². The van der Waals surface area contributed by atoms with Gasteiger partial charge in [-0.1, -0.05) is 12.1 Å². The van der Waals surface area contributed by atoms with Crippen LogP contribution < -0.4 is 5.32 Å². The Bertz CT molecular complexity index is 418. The first kappa shape index (κ1) is 11.9. The Hall–Kier alpha value is -1.53. The molecule has 3 heteroatoms. The molecule has 0 aliphatic heterocycles. The van der Waals surface area contributed by atoms with Crippen molar-refractivity contribution in [1.82, 2.24) is 0 Å². The molecule has 0 spiro atoms. The van der Waals surface area contributed by atoms with Crippen molar-refractivity contribution in [2.45, 2.75) is 25.9 Å². The first-order valence-corrected chi connectivity index (χ1v) is 5.97. The smallest absolute Gasteiger partial charge is 0.0713 e. The molecule has 0 bridgehead atoms. The van der Waals surface area contributed by atoms with Gasteiger partial charge in [-0.15, -0.1) is 0 Å². The Kier molecular flexibility index (Phi) is 3.65. The average molecular weight is 230 g/mol. The van der Waals surface area contributed by atoms with Crippen LogP contribution in [0.1, 0.15) is 24.8 Å². The van der Waals surface area contributed by atoms with Crippen molar-refractivity contribution >= 4 is 5.69 Å². The second kappa shape index (κ2) is 5.20. The van der Waals surface area contributed by atoms with Gasteiger partial charge in [0.2, 0.25) is 0 Å². The highest BCUT2D eigenvalue weighted by Gasteiger charge is 2.42. The molecule has 0 unspecified atom stereocenters. The number of nitriles is 1. The van der Waals surface area contributed by atoms with Crippen molar-refractivity contribution in [3.8, 4) is 6.07 Å². The summed E-state index contributed by atoms with van der Waals surface area (Å²) in [5.74, 6) is 0. The molecule has 90 valence electrons. The summed E-state index contributed by atoms with van der Waals surface area (Å²) in [5.41, 5.74) is 2.53. The Morgan fingerprint density at radius 3 is 2.94 bits per heavy atom. The van der Waals surface area contributed by atoms with Gasteiger partial charge in [0.1, 0.15) is 0 Å². The van der Waals surface area contributed by atoms with Crippen molar-refractivity contribution in [2.24, 2.45) is 5.41 Å². The summed E-state index contributed by atoms with van der Waals surface area (Å²) in [4.78, 5) is 0. The van der Waals surface area contributed by atoms with Crippen LogP contribution in [0.15, 0.2) is 24.3 Å². The van der Waals surface area contributed by atoms with Crippen molar-refractivity contribution in [1.29, 1.82) is 5.26 Å². The minimum absolute atomic E-state index is 0.242. The third kappa shape index (κ3) is 3.21. The molecule has 0 atom stereocenters. The van der Waals surface area contributed by atoms with E-state index in [-0.39, 0.29) is 5.41 Å². The highest BCUT2D eigenvalue weighted by molar-refractivity contribution is 5.46. The first-order valence-electron chi connectivity index (χ1n) is 5.97. The van der Waals surface area contributed by atoms with Crippen LogP contribution in [0.25, 0.3) is 0 Å². The number of benzene rings is 1. The maximum atomic E-state index is 8.76. The lowest BCUT2D eigenvalue weighted by molar-refractivity contribution is 0.185. The molecule has 2 rings (SSSR count).